The van der Waals surface area contributed by atoms with Crippen LogP contribution in [0.1, 0.15) is 11.4 Å². The Kier molecular flexibility index (Phi) is 2.94. The lowest BCUT2D eigenvalue weighted by Gasteiger charge is -2.29. The van der Waals surface area contributed by atoms with Gasteiger partial charge in [-0.1, -0.05) is 12.2 Å². The Hall–Kier alpha value is -1.95. The molecule has 6 heteroatoms. The van der Waals surface area contributed by atoms with Crippen molar-refractivity contribution in [2.45, 2.75) is 13.1 Å². The van der Waals surface area contributed by atoms with Crippen molar-refractivity contribution in [3.8, 4) is 0 Å². The Morgan fingerprint density at radius 3 is 2.95 bits per heavy atom. The van der Waals surface area contributed by atoms with Crippen molar-refractivity contribution in [3.63, 3.8) is 0 Å². The van der Waals surface area contributed by atoms with Gasteiger partial charge in [-0.15, -0.1) is 0 Å². The summed E-state index contributed by atoms with van der Waals surface area (Å²) in [6, 6.07) is 4.86. The molecule has 0 amide bonds. The molecule has 98 valence electrons. The number of imidazole rings is 1. The number of anilines is 1. The van der Waals surface area contributed by atoms with Gasteiger partial charge in [-0.25, -0.2) is 9.37 Å². The maximum absolute atomic E-state index is 14.1. The molecule has 19 heavy (non-hydrogen) atoms. The Bertz CT molecular complexity index is 637. The topological polar surface area (TPSA) is 47.1 Å². The Morgan fingerprint density at radius 2 is 2.21 bits per heavy atom. The van der Waals surface area contributed by atoms with E-state index in [-0.39, 0.29) is 10.8 Å². The highest BCUT2D eigenvalue weighted by atomic mass is 32.1. The standard InChI is InChI=1S/C13H13FN4S/c14-10-7-9(13(15)19)1-2-11(10)18-6-5-17-4-3-16-12(17)8-18/h1-4,7H,5-6,8H2,(H2,15,19). The minimum absolute atomic E-state index is 0.208. The van der Waals surface area contributed by atoms with E-state index in [9.17, 15) is 4.39 Å². The number of hydrogen-bond donors (Lipinski definition) is 1. The van der Waals surface area contributed by atoms with E-state index in [0.29, 0.717) is 17.8 Å². The lowest BCUT2D eigenvalue weighted by atomic mass is 10.1. The fraction of sp³-hybridized carbons (Fsp3) is 0.231. The van der Waals surface area contributed by atoms with Crippen molar-refractivity contribution in [2.75, 3.05) is 11.4 Å². The van der Waals surface area contributed by atoms with E-state index in [0.717, 1.165) is 18.9 Å². The van der Waals surface area contributed by atoms with Crippen LogP contribution in [0, 0.1) is 5.82 Å². The summed E-state index contributed by atoms with van der Waals surface area (Å²) in [5, 5.41) is 0. The number of aromatic nitrogens is 2. The van der Waals surface area contributed by atoms with Crippen molar-refractivity contribution in [3.05, 3.63) is 47.8 Å². The monoisotopic (exact) mass is 276 g/mol. The van der Waals surface area contributed by atoms with E-state index in [1.54, 1.807) is 18.3 Å². The molecule has 0 atom stereocenters. The number of hydrogen-bond acceptors (Lipinski definition) is 3. The van der Waals surface area contributed by atoms with Gasteiger partial charge in [-0.05, 0) is 18.2 Å². The van der Waals surface area contributed by atoms with Crippen molar-refractivity contribution in [1.29, 1.82) is 0 Å². The molecular weight excluding hydrogens is 263 g/mol. The van der Waals surface area contributed by atoms with E-state index in [1.807, 2.05) is 11.1 Å². The lowest BCUT2D eigenvalue weighted by Crippen LogP contribution is -2.34. The second-order valence-electron chi connectivity index (χ2n) is 4.49. The zero-order valence-corrected chi connectivity index (χ0v) is 11.0. The Labute approximate surface area is 115 Å². The molecule has 1 aliphatic rings. The normalized spacial score (nSPS) is 14.3. The van der Waals surface area contributed by atoms with Gasteiger partial charge in [0.15, 0.2) is 0 Å². The SMILES string of the molecule is NC(=S)c1ccc(N2CCn3ccnc3C2)c(F)c1. The largest absolute Gasteiger partial charge is 0.389 e. The Morgan fingerprint density at radius 1 is 1.37 bits per heavy atom. The minimum atomic E-state index is -0.301. The van der Waals surface area contributed by atoms with Gasteiger partial charge in [0.2, 0.25) is 0 Å². The van der Waals surface area contributed by atoms with Crippen LogP contribution in [0.3, 0.4) is 0 Å². The smallest absolute Gasteiger partial charge is 0.147 e. The van der Waals surface area contributed by atoms with E-state index in [2.05, 4.69) is 9.55 Å². The van der Waals surface area contributed by atoms with Crippen LogP contribution < -0.4 is 10.6 Å². The Balaban J connectivity index is 1.90. The highest BCUT2D eigenvalue weighted by molar-refractivity contribution is 7.80. The molecule has 2 N–H and O–H groups in total. The molecule has 1 aromatic carbocycles. The van der Waals surface area contributed by atoms with Crippen molar-refractivity contribution in [1.82, 2.24) is 9.55 Å². The van der Waals surface area contributed by atoms with E-state index < -0.39 is 0 Å². The molecule has 3 rings (SSSR count). The van der Waals surface area contributed by atoms with Crippen LogP contribution in [0.25, 0.3) is 0 Å². The molecule has 0 aliphatic carbocycles. The lowest BCUT2D eigenvalue weighted by molar-refractivity contribution is 0.544. The predicted molar refractivity (Wildman–Crippen MR) is 75.6 cm³/mol. The second kappa shape index (κ2) is 4.62. The van der Waals surface area contributed by atoms with Gasteiger partial charge in [0.25, 0.3) is 0 Å². The number of rotatable bonds is 2. The number of fused-ring (bicyclic) bond motifs is 1. The van der Waals surface area contributed by atoms with Crippen LogP contribution in [0.15, 0.2) is 30.6 Å². The van der Waals surface area contributed by atoms with Gasteiger partial charge in [0, 0.05) is 31.0 Å². The summed E-state index contributed by atoms with van der Waals surface area (Å²) in [5.74, 6) is 0.648. The highest BCUT2D eigenvalue weighted by Crippen LogP contribution is 2.24. The van der Waals surface area contributed by atoms with Gasteiger partial charge in [0.05, 0.1) is 12.2 Å². The van der Waals surface area contributed by atoms with Crippen molar-refractivity contribution >= 4 is 22.9 Å². The molecule has 1 aromatic heterocycles. The quantitative estimate of drug-likeness (QED) is 0.848. The van der Waals surface area contributed by atoms with E-state index in [1.165, 1.54) is 6.07 Å². The number of benzene rings is 1. The maximum atomic E-state index is 14.1. The highest BCUT2D eigenvalue weighted by Gasteiger charge is 2.19. The van der Waals surface area contributed by atoms with Gasteiger partial charge >= 0.3 is 0 Å². The molecule has 0 spiro atoms. The van der Waals surface area contributed by atoms with Gasteiger partial charge in [0.1, 0.15) is 16.6 Å². The van der Waals surface area contributed by atoms with Crippen LogP contribution in [0.5, 0.6) is 0 Å². The summed E-state index contributed by atoms with van der Waals surface area (Å²) in [4.78, 5) is 6.45. The fourth-order valence-electron chi connectivity index (χ4n) is 2.30. The molecule has 4 nitrogen and oxygen atoms in total. The van der Waals surface area contributed by atoms with Gasteiger partial charge in [-0.2, -0.15) is 0 Å². The first-order valence-electron chi connectivity index (χ1n) is 5.99. The zero-order valence-electron chi connectivity index (χ0n) is 10.2. The summed E-state index contributed by atoms with van der Waals surface area (Å²) >= 11 is 4.85. The first kappa shape index (κ1) is 12.1. The van der Waals surface area contributed by atoms with Gasteiger partial charge < -0.3 is 15.2 Å². The van der Waals surface area contributed by atoms with Crippen LogP contribution >= 0.6 is 12.2 Å². The number of nitrogens with zero attached hydrogens (tertiary/aromatic N) is 3. The molecule has 0 fully saturated rings. The number of thiocarbonyl (C=S) groups is 1. The average molecular weight is 276 g/mol. The zero-order chi connectivity index (χ0) is 13.4. The summed E-state index contributed by atoms with van der Waals surface area (Å²) < 4.78 is 16.2. The van der Waals surface area contributed by atoms with Crippen molar-refractivity contribution < 1.29 is 4.39 Å². The summed E-state index contributed by atoms with van der Waals surface area (Å²) in [7, 11) is 0. The third-order valence-corrected chi connectivity index (χ3v) is 3.55. The first-order valence-corrected chi connectivity index (χ1v) is 6.40. The average Bonchev–Trinajstić information content (AvgIpc) is 2.85. The molecule has 2 heterocycles. The molecule has 1 aliphatic heterocycles. The predicted octanol–water partition coefficient (Wildman–Crippen LogP) is 1.68. The molecule has 0 radical (unpaired) electrons. The summed E-state index contributed by atoms with van der Waals surface area (Å²) in [6.07, 6.45) is 3.71. The number of nitrogens with two attached hydrogens (primary N) is 1. The molecule has 2 aromatic rings. The van der Waals surface area contributed by atoms with Crippen LogP contribution in [-0.4, -0.2) is 21.1 Å². The van der Waals surface area contributed by atoms with Gasteiger partial charge in [-0.3, -0.25) is 0 Å². The first-order chi connectivity index (χ1) is 9.15. The fourth-order valence-corrected chi connectivity index (χ4v) is 2.42. The third kappa shape index (κ3) is 2.19. The third-order valence-electron chi connectivity index (χ3n) is 3.32. The van der Waals surface area contributed by atoms with E-state index in [4.69, 9.17) is 18.0 Å². The molecule has 0 bridgehead atoms. The summed E-state index contributed by atoms with van der Waals surface area (Å²) in [6.45, 7) is 2.18. The molecule has 0 saturated heterocycles. The van der Waals surface area contributed by atoms with Crippen LogP contribution in [-0.2, 0) is 13.1 Å². The van der Waals surface area contributed by atoms with Crippen molar-refractivity contribution in [2.24, 2.45) is 5.73 Å². The molecular formula is C13H13FN4S. The minimum Gasteiger partial charge on any atom is -0.389 e. The second-order valence-corrected chi connectivity index (χ2v) is 4.93. The van der Waals surface area contributed by atoms with E-state index >= 15 is 0 Å². The van der Waals surface area contributed by atoms with Crippen LogP contribution in [0.2, 0.25) is 0 Å². The maximum Gasteiger partial charge on any atom is 0.147 e. The van der Waals surface area contributed by atoms with Crippen LogP contribution in [0.4, 0.5) is 10.1 Å². The molecule has 0 saturated carbocycles. The number of halogens is 1. The summed E-state index contributed by atoms with van der Waals surface area (Å²) in [5.41, 5.74) is 6.61. The molecule has 0 unspecified atom stereocenters.